The molecular formula is C21H28N2O4. The van der Waals surface area contributed by atoms with E-state index in [0.29, 0.717) is 12.3 Å². The van der Waals surface area contributed by atoms with Crippen molar-refractivity contribution in [1.82, 2.24) is 10.2 Å². The maximum Gasteiger partial charge on any atom is 0.326 e. The smallest absolute Gasteiger partial charge is 0.326 e. The van der Waals surface area contributed by atoms with Crippen LogP contribution in [0.1, 0.15) is 63.5 Å². The molecule has 6 heteroatoms. The molecule has 0 radical (unpaired) electrons. The van der Waals surface area contributed by atoms with Gasteiger partial charge in [0.05, 0.1) is 0 Å². The molecule has 1 aliphatic carbocycles. The average molecular weight is 372 g/mol. The zero-order chi connectivity index (χ0) is 19.6. The Kier molecular flexibility index (Phi) is 5.53. The number of nitrogens with zero attached hydrogens (tertiary/aromatic N) is 1. The topological polar surface area (TPSA) is 75.7 Å². The van der Waals surface area contributed by atoms with Crippen molar-refractivity contribution in [3.63, 3.8) is 0 Å². The summed E-state index contributed by atoms with van der Waals surface area (Å²) in [5, 5.41) is 2.84. The monoisotopic (exact) mass is 372 g/mol. The van der Waals surface area contributed by atoms with Crippen LogP contribution in [0.4, 0.5) is 4.79 Å². The molecule has 1 aliphatic heterocycles. The first-order valence-corrected chi connectivity index (χ1v) is 9.72. The van der Waals surface area contributed by atoms with Gasteiger partial charge in [-0.2, -0.15) is 0 Å². The van der Waals surface area contributed by atoms with Crippen molar-refractivity contribution in [2.75, 3.05) is 6.54 Å². The van der Waals surface area contributed by atoms with Crippen LogP contribution in [-0.4, -0.2) is 34.9 Å². The van der Waals surface area contributed by atoms with Crippen LogP contribution in [0.3, 0.4) is 0 Å². The molecule has 1 spiro atoms. The lowest BCUT2D eigenvalue weighted by Crippen LogP contribution is -2.54. The fourth-order valence-corrected chi connectivity index (χ4v) is 3.98. The number of urea groups is 1. The normalized spacial score (nSPS) is 25.2. The van der Waals surface area contributed by atoms with Crippen molar-refractivity contribution < 1.29 is 19.1 Å². The minimum absolute atomic E-state index is 0.0724. The van der Waals surface area contributed by atoms with Gasteiger partial charge >= 0.3 is 12.0 Å². The second-order valence-electron chi connectivity index (χ2n) is 8.00. The predicted molar refractivity (Wildman–Crippen MR) is 101 cm³/mol. The maximum absolute atomic E-state index is 12.8. The SMILES string of the molecule is CC(C)c1ccc(COC(=O)CN2C(=O)N[C@]3(CCCC[C@@H]3C)C2=O)cc1. The zero-order valence-electron chi connectivity index (χ0n) is 16.3. The van der Waals surface area contributed by atoms with E-state index >= 15 is 0 Å². The molecule has 1 aromatic carbocycles. The highest BCUT2D eigenvalue weighted by Gasteiger charge is 2.55. The highest BCUT2D eigenvalue weighted by atomic mass is 16.5. The summed E-state index contributed by atoms with van der Waals surface area (Å²) in [6.45, 7) is 6.01. The Hall–Kier alpha value is -2.37. The summed E-state index contributed by atoms with van der Waals surface area (Å²) < 4.78 is 5.28. The minimum Gasteiger partial charge on any atom is -0.459 e. The molecule has 1 N–H and O–H groups in total. The molecule has 3 amide bonds. The Balaban J connectivity index is 1.57. The van der Waals surface area contributed by atoms with E-state index in [-0.39, 0.29) is 25.0 Å². The molecule has 1 saturated carbocycles. The Labute approximate surface area is 160 Å². The molecule has 1 aromatic rings. The standard InChI is InChI=1S/C21H28N2O4/c1-14(2)17-9-7-16(8-10-17)13-27-18(24)12-23-19(25)21(22-20(23)26)11-5-4-6-15(21)3/h7-10,14-15H,4-6,11-13H2,1-3H3,(H,22,26)/t15-,21-/m0/s1. The number of benzene rings is 1. The Morgan fingerprint density at radius 1 is 1.26 bits per heavy atom. The number of carbonyl (C=O) groups excluding carboxylic acids is 3. The number of nitrogens with one attached hydrogen (secondary N) is 1. The van der Waals surface area contributed by atoms with Crippen molar-refractivity contribution in [1.29, 1.82) is 0 Å². The summed E-state index contributed by atoms with van der Waals surface area (Å²) in [6, 6.07) is 7.38. The number of amides is 3. The van der Waals surface area contributed by atoms with Gasteiger partial charge in [0, 0.05) is 0 Å². The van der Waals surface area contributed by atoms with Gasteiger partial charge in [-0.25, -0.2) is 4.79 Å². The molecular weight excluding hydrogens is 344 g/mol. The Bertz CT molecular complexity index is 728. The highest BCUT2D eigenvalue weighted by molar-refractivity contribution is 6.08. The fourth-order valence-electron chi connectivity index (χ4n) is 3.98. The number of carbonyl (C=O) groups is 3. The number of hydrogen-bond acceptors (Lipinski definition) is 4. The Morgan fingerprint density at radius 2 is 1.96 bits per heavy atom. The fraction of sp³-hybridized carbons (Fsp3) is 0.571. The summed E-state index contributed by atoms with van der Waals surface area (Å²) in [6.07, 6.45) is 3.49. The number of imide groups is 1. The predicted octanol–water partition coefficient (Wildman–Crippen LogP) is 3.35. The molecule has 146 valence electrons. The van der Waals surface area contributed by atoms with Crippen molar-refractivity contribution >= 4 is 17.9 Å². The van der Waals surface area contributed by atoms with E-state index in [0.717, 1.165) is 29.7 Å². The van der Waals surface area contributed by atoms with Crippen LogP contribution in [0, 0.1) is 5.92 Å². The van der Waals surface area contributed by atoms with Crippen molar-refractivity contribution in [2.45, 2.75) is 64.5 Å². The van der Waals surface area contributed by atoms with Gasteiger partial charge in [0.25, 0.3) is 5.91 Å². The van der Waals surface area contributed by atoms with Gasteiger partial charge < -0.3 is 10.1 Å². The molecule has 2 aliphatic rings. The summed E-state index contributed by atoms with van der Waals surface area (Å²) >= 11 is 0. The molecule has 0 aromatic heterocycles. The maximum atomic E-state index is 12.8. The first-order chi connectivity index (χ1) is 12.8. The molecule has 0 unspecified atom stereocenters. The van der Waals surface area contributed by atoms with Gasteiger partial charge in [0.15, 0.2) is 0 Å². The van der Waals surface area contributed by atoms with Crippen molar-refractivity contribution in [2.24, 2.45) is 5.92 Å². The summed E-state index contributed by atoms with van der Waals surface area (Å²) in [5.41, 5.74) is 1.25. The van der Waals surface area contributed by atoms with Crippen LogP contribution < -0.4 is 5.32 Å². The zero-order valence-corrected chi connectivity index (χ0v) is 16.3. The van der Waals surface area contributed by atoms with E-state index in [1.54, 1.807) is 0 Å². The van der Waals surface area contributed by atoms with E-state index in [1.165, 1.54) is 5.56 Å². The summed E-state index contributed by atoms with van der Waals surface area (Å²) in [4.78, 5) is 38.4. The van der Waals surface area contributed by atoms with Gasteiger partial charge in [-0.3, -0.25) is 14.5 Å². The van der Waals surface area contributed by atoms with Crippen LogP contribution in [-0.2, 0) is 20.9 Å². The van der Waals surface area contributed by atoms with Crippen LogP contribution in [0.15, 0.2) is 24.3 Å². The van der Waals surface area contributed by atoms with Crippen molar-refractivity contribution in [3.8, 4) is 0 Å². The first-order valence-electron chi connectivity index (χ1n) is 9.72. The van der Waals surface area contributed by atoms with Crippen LogP contribution in [0.2, 0.25) is 0 Å². The second kappa shape index (κ2) is 7.71. The lowest BCUT2D eigenvalue weighted by molar-refractivity contribution is -0.149. The first kappa shape index (κ1) is 19.4. The van der Waals surface area contributed by atoms with E-state index in [1.807, 2.05) is 31.2 Å². The molecule has 1 heterocycles. The molecule has 2 atom stereocenters. The van der Waals surface area contributed by atoms with E-state index < -0.39 is 17.5 Å². The van der Waals surface area contributed by atoms with Crippen LogP contribution in [0.25, 0.3) is 0 Å². The van der Waals surface area contributed by atoms with E-state index in [2.05, 4.69) is 19.2 Å². The van der Waals surface area contributed by atoms with Gasteiger partial charge in [-0.05, 0) is 35.8 Å². The molecule has 0 bridgehead atoms. The summed E-state index contributed by atoms with van der Waals surface area (Å²) in [5.74, 6) is -0.358. The number of rotatable bonds is 5. The molecule has 6 nitrogen and oxygen atoms in total. The van der Waals surface area contributed by atoms with Crippen molar-refractivity contribution in [3.05, 3.63) is 35.4 Å². The van der Waals surface area contributed by atoms with E-state index in [9.17, 15) is 14.4 Å². The number of esters is 1. The van der Waals surface area contributed by atoms with E-state index in [4.69, 9.17) is 4.74 Å². The van der Waals surface area contributed by atoms with Gasteiger partial charge in [-0.15, -0.1) is 0 Å². The third-order valence-corrected chi connectivity index (χ3v) is 5.83. The molecule has 1 saturated heterocycles. The van der Waals surface area contributed by atoms with Gasteiger partial charge in [-0.1, -0.05) is 57.9 Å². The largest absolute Gasteiger partial charge is 0.459 e. The molecule has 27 heavy (non-hydrogen) atoms. The van der Waals surface area contributed by atoms with Gasteiger partial charge in [0.1, 0.15) is 18.7 Å². The number of ether oxygens (including phenoxy) is 1. The lowest BCUT2D eigenvalue weighted by atomic mass is 9.73. The highest BCUT2D eigenvalue weighted by Crippen LogP contribution is 2.38. The molecule has 3 rings (SSSR count). The third-order valence-electron chi connectivity index (χ3n) is 5.83. The lowest BCUT2D eigenvalue weighted by Gasteiger charge is -2.36. The third kappa shape index (κ3) is 3.84. The quantitative estimate of drug-likeness (QED) is 0.635. The summed E-state index contributed by atoms with van der Waals surface area (Å²) in [7, 11) is 0. The molecule has 2 fully saturated rings. The number of hydrogen-bond donors (Lipinski definition) is 1. The van der Waals surface area contributed by atoms with Crippen LogP contribution in [0.5, 0.6) is 0 Å². The Morgan fingerprint density at radius 3 is 2.59 bits per heavy atom. The second-order valence-corrected chi connectivity index (χ2v) is 8.00. The van der Waals surface area contributed by atoms with Gasteiger partial charge in [0.2, 0.25) is 0 Å². The average Bonchev–Trinajstić information content (AvgIpc) is 2.88. The minimum atomic E-state index is -0.845. The van der Waals surface area contributed by atoms with Crippen LogP contribution >= 0.6 is 0 Å².